The Bertz CT molecular complexity index is 529. The summed E-state index contributed by atoms with van der Waals surface area (Å²) in [6.07, 6.45) is 1.64. The number of nitrogens with one attached hydrogen (secondary N) is 1. The summed E-state index contributed by atoms with van der Waals surface area (Å²) >= 11 is 2.88. The van der Waals surface area contributed by atoms with E-state index in [2.05, 4.69) is 20.5 Å². The van der Waals surface area contributed by atoms with Gasteiger partial charge in [-0.3, -0.25) is 4.79 Å². The van der Waals surface area contributed by atoms with Crippen molar-refractivity contribution >= 4 is 34.8 Å². The van der Waals surface area contributed by atoms with Crippen molar-refractivity contribution in [2.45, 2.75) is 23.4 Å². The van der Waals surface area contributed by atoms with Crippen LogP contribution in [-0.2, 0) is 4.79 Å². The maximum Gasteiger partial charge on any atom is 0.238 e. The van der Waals surface area contributed by atoms with Gasteiger partial charge in [0.1, 0.15) is 10.8 Å². The van der Waals surface area contributed by atoms with Gasteiger partial charge in [-0.1, -0.05) is 29.2 Å². The van der Waals surface area contributed by atoms with Gasteiger partial charge < -0.3 is 5.32 Å². The van der Waals surface area contributed by atoms with Crippen molar-refractivity contribution < 1.29 is 4.79 Å². The maximum atomic E-state index is 11.9. The summed E-state index contributed by atoms with van der Waals surface area (Å²) in [4.78, 5) is 16.0. The van der Waals surface area contributed by atoms with Gasteiger partial charge in [0, 0.05) is 6.20 Å². The van der Waals surface area contributed by atoms with Crippen molar-refractivity contribution in [3.8, 4) is 0 Å². The topological polar surface area (TPSA) is 67.8 Å². The lowest BCUT2D eigenvalue weighted by atomic mass is 10.4. The van der Waals surface area contributed by atoms with Crippen LogP contribution < -0.4 is 5.32 Å². The first-order valence-electron chi connectivity index (χ1n) is 5.34. The molecule has 0 aliphatic rings. The van der Waals surface area contributed by atoms with Crippen LogP contribution in [0.3, 0.4) is 0 Å². The summed E-state index contributed by atoms with van der Waals surface area (Å²) in [5.74, 6) is 0.468. The average Bonchev–Trinajstić information content (AvgIpc) is 2.76. The molecule has 0 aliphatic heterocycles. The number of aryl methyl sites for hydroxylation is 1. The molecule has 0 aliphatic carbocycles. The zero-order chi connectivity index (χ0) is 13.0. The molecule has 1 atom stereocenters. The summed E-state index contributed by atoms with van der Waals surface area (Å²) in [7, 11) is 0. The van der Waals surface area contributed by atoms with Gasteiger partial charge in [0.2, 0.25) is 5.91 Å². The SMILES string of the molecule is Cc1nnc(SC(C)C(=O)Nc2ccccn2)s1. The van der Waals surface area contributed by atoms with Gasteiger partial charge in [0.25, 0.3) is 0 Å². The molecule has 2 heterocycles. The number of amides is 1. The number of rotatable bonds is 4. The Morgan fingerprint density at radius 3 is 2.89 bits per heavy atom. The summed E-state index contributed by atoms with van der Waals surface area (Å²) in [5.41, 5.74) is 0. The van der Waals surface area contributed by atoms with Crippen molar-refractivity contribution in [2.75, 3.05) is 5.32 Å². The van der Waals surface area contributed by atoms with Gasteiger partial charge >= 0.3 is 0 Å². The van der Waals surface area contributed by atoms with Crippen molar-refractivity contribution in [2.24, 2.45) is 0 Å². The Balaban J connectivity index is 1.93. The number of nitrogens with zero attached hydrogens (tertiary/aromatic N) is 3. The summed E-state index contributed by atoms with van der Waals surface area (Å²) in [6, 6.07) is 5.39. The van der Waals surface area contributed by atoms with Crippen LogP contribution in [0.15, 0.2) is 28.7 Å². The Hall–Kier alpha value is -1.47. The lowest BCUT2D eigenvalue weighted by Gasteiger charge is -2.09. The Kier molecular flexibility index (Phi) is 4.27. The van der Waals surface area contributed by atoms with Gasteiger partial charge in [-0.05, 0) is 26.0 Å². The van der Waals surface area contributed by atoms with Crippen LogP contribution in [0, 0.1) is 6.92 Å². The van der Waals surface area contributed by atoms with Gasteiger partial charge in [0.05, 0.1) is 5.25 Å². The van der Waals surface area contributed by atoms with Gasteiger partial charge in [0.15, 0.2) is 4.34 Å². The van der Waals surface area contributed by atoms with Crippen LogP contribution in [0.25, 0.3) is 0 Å². The second-order valence-corrected chi connectivity index (χ2v) is 6.32. The molecule has 0 saturated heterocycles. The lowest BCUT2D eigenvalue weighted by molar-refractivity contribution is -0.115. The molecule has 0 spiro atoms. The first kappa shape index (κ1) is 13.0. The highest BCUT2D eigenvalue weighted by Crippen LogP contribution is 2.26. The standard InChI is InChI=1S/C11H12N4OS2/c1-7(17-11-15-14-8(2)18-11)10(16)13-9-5-3-4-6-12-9/h3-7H,1-2H3,(H,12,13,16). The number of aromatic nitrogens is 3. The first-order valence-corrected chi connectivity index (χ1v) is 7.03. The Morgan fingerprint density at radius 2 is 2.28 bits per heavy atom. The van der Waals surface area contributed by atoms with E-state index in [0.717, 1.165) is 9.35 Å². The van der Waals surface area contributed by atoms with E-state index in [9.17, 15) is 4.79 Å². The molecular formula is C11H12N4OS2. The van der Waals surface area contributed by atoms with Crippen LogP contribution in [-0.4, -0.2) is 26.3 Å². The normalized spacial score (nSPS) is 12.1. The van der Waals surface area contributed by atoms with Gasteiger partial charge in [-0.2, -0.15) is 0 Å². The highest BCUT2D eigenvalue weighted by Gasteiger charge is 2.16. The fourth-order valence-electron chi connectivity index (χ4n) is 1.20. The van der Waals surface area contributed by atoms with E-state index >= 15 is 0 Å². The third kappa shape index (κ3) is 3.51. The van der Waals surface area contributed by atoms with Crippen molar-refractivity contribution in [3.05, 3.63) is 29.4 Å². The molecule has 0 radical (unpaired) electrons. The molecule has 5 nitrogen and oxygen atoms in total. The van der Waals surface area contributed by atoms with Crippen molar-refractivity contribution in [3.63, 3.8) is 0 Å². The molecule has 1 amide bonds. The average molecular weight is 280 g/mol. The van der Waals surface area contributed by atoms with Crippen LogP contribution in [0.4, 0.5) is 5.82 Å². The number of anilines is 1. The molecule has 2 aromatic rings. The van der Waals surface area contributed by atoms with E-state index in [4.69, 9.17) is 0 Å². The molecule has 7 heteroatoms. The number of hydrogen-bond donors (Lipinski definition) is 1. The summed E-state index contributed by atoms with van der Waals surface area (Å²) < 4.78 is 0.802. The molecule has 0 saturated carbocycles. The quantitative estimate of drug-likeness (QED) is 0.871. The lowest BCUT2D eigenvalue weighted by Crippen LogP contribution is -2.22. The third-order valence-corrected chi connectivity index (χ3v) is 4.09. The number of carbonyl (C=O) groups excluding carboxylic acids is 1. The molecule has 1 N–H and O–H groups in total. The maximum absolute atomic E-state index is 11.9. The highest BCUT2D eigenvalue weighted by molar-refractivity contribution is 8.02. The first-order chi connectivity index (χ1) is 8.65. The molecule has 2 rings (SSSR count). The monoisotopic (exact) mass is 280 g/mol. The predicted molar refractivity (Wildman–Crippen MR) is 72.8 cm³/mol. The minimum absolute atomic E-state index is 0.0912. The van der Waals surface area contributed by atoms with E-state index in [1.807, 2.05) is 19.9 Å². The largest absolute Gasteiger partial charge is 0.310 e. The van der Waals surface area contributed by atoms with Crippen molar-refractivity contribution in [1.29, 1.82) is 0 Å². The van der Waals surface area contributed by atoms with E-state index in [1.165, 1.54) is 23.1 Å². The molecule has 0 bridgehead atoms. The number of carbonyl (C=O) groups is 1. The van der Waals surface area contributed by atoms with Gasteiger partial charge in [-0.15, -0.1) is 10.2 Å². The van der Waals surface area contributed by atoms with E-state index in [-0.39, 0.29) is 11.2 Å². The minimum atomic E-state index is -0.237. The molecule has 0 aromatic carbocycles. The second kappa shape index (κ2) is 5.92. The molecule has 2 aromatic heterocycles. The zero-order valence-electron chi connectivity index (χ0n) is 9.95. The molecule has 1 unspecified atom stereocenters. The smallest absolute Gasteiger partial charge is 0.238 e. The van der Waals surface area contributed by atoms with Crippen molar-refractivity contribution in [1.82, 2.24) is 15.2 Å². The second-order valence-electron chi connectivity index (χ2n) is 3.55. The predicted octanol–water partition coefficient (Wildman–Crippen LogP) is 2.36. The Morgan fingerprint density at radius 1 is 1.44 bits per heavy atom. The van der Waals surface area contributed by atoms with Crippen LogP contribution in [0.5, 0.6) is 0 Å². The molecular weight excluding hydrogens is 268 g/mol. The van der Waals surface area contributed by atoms with E-state index in [0.29, 0.717) is 5.82 Å². The van der Waals surface area contributed by atoms with Crippen LogP contribution in [0.2, 0.25) is 0 Å². The van der Waals surface area contributed by atoms with E-state index < -0.39 is 0 Å². The number of hydrogen-bond acceptors (Lipinski definition) is 6. The Labute approximate surface area is 113 Å². The summed E-state index contributed by atoms with van der Waals surface area (Å²) in [6.45, 7) is 3.72. The summed E-state index contributed by atoms with van der Waals surface area (Å²) in [5, 5.41) is 11.3. The minimum Gasteiger partial charge on any atom is -0.310 e. The fourth-order valence-corrected chi connectivity index (χ4v) is 3.16. The zero-order valence-corrected chi connectivity index (χ0v) is 11.6. The fraction of sp³-hybridized carbons (Fsp3) is 0.273. The van der Waals surface area contributed by atoms with E-state index in [1.54, 1.807) is 18.3 Å². The molecule has 94 valence electrons. The third-order valence-electron chi connectivity index (χ3n) is 2.07. The number of thioether (sulfide) groups is 1. The molecule has 18 heavy (non-hydrogen) atoms. The van der Waals surface area contributed by atoms with Crippen LogP contribution >= 0.6 is 23.1 Å². The highest BCUT2D eigenvalue weighted by atomic mass is 32.2. The van der Waals surface area contributed by atoms with Gasteiger partial charge in [-0.25, -0.2) is 4.98 Å². The molecule has 0 fully saturated rings. The van der Waals surface area contributed by atoms with Crippen LogP contribution in [0.1, 0.15) is 11.9 Å². The number of pyridine rings is 1.